The summed E-state index contributed by atoms with van der Waals surface area (Å²) in [5.41, 5.74) is 1.40. The summed E-state index contributed by atoms with van der Waals surface area (Å²) < 4.78 is 34.8. The summed E-state index contributed by atoms with van der Waals surface area (Å²) in [7, 11) is -2.49. The molecule has 0 fully saturated rings. The molecule has 2 aromatic rings. The number of hydrogen-bond acceptors (Lipinski definition) is 5. The van der Waals surface area contributed by atoms with Crippen LogP contribution in [-0.4, -0.2) is 15.5 Å². The van der Waals surface area contributed by atoms with Crippen molar-refractivity contribution in [1.29, 1.82) is 5.26 Å². The maximum absolute atomic E-state index is 12.3. The predicted molar refractivity (Wildman–Crippen MR) is 86.0 cm³/mol. The molecule has 0 bridgehead atoms. The van der Waals surface area contributed by atoms with Gasteiger partial charge in [0.2, 0.25) is 0 Å². The van der Waals surface area contributed by atoms with E-state index in [0.29, 0.717) is 11.3 Å². The van der Waals surface area contributed by atoms with Crippen LogP contribution in [-0.2, 0) is 14.3 Å². The molecule has 2 rings (SSSR count). The third kappa shape index (κ3) is 4.11. The molecule has 6 heteroatoms. The minimum atomic E-state index is -4.01. The van der Waals surface area contributed by atoms with Crippen LogP contribution in [0.5, 0.6) is 5.75 Å². The van der Waals surface area contributed by atoms with Crippen LogP contribution >= 0.6 is 0 Å². The number of hydrogen-bond donors (Lipinski definition) is 0. The largest absolute Gasteiger partial charge is 0.497 e. The molecule has 0 aliphatic heterocycles. The lowest BCUT2D eigenvalue weighted by atomic mass is 10.2. The van der Waals surface area contributed by atoms with Crippen LogP contribution in [0.25, 0.3) is 5.76 Å². The third-order valence-electron chi connectivity index (χ3n) is 3.08. The van der Waals surface area contributed by atoms with Crippen molar-refractivity contribution in [1.82, 2.24) is 0 Å². The molecule has 0 unspecified atom stereocenters. The summed E-state index contributed by atoms with van der Waals surface area (Å²) in [5.74, 6) is 0.571. The second kappa shape index (κ2) is 6.99. The third-order valence-corrected chi connectivity index (χ3v) is 4.33. The van der Waals surface area contributed by atoms with E-state index in [9.17, 15) is 8.42 Å². The monoisotopic (exact) mass is 329 g/mol. The SMILES string of the molecule is COc1ccc(/C(=C\C#N)OS(=O)(=O)c2ccc(C)cc2)cc1. The van der Waals surface area contributed by atoms with Gasteiger partial charge in [0.15, 0.2) is 5.76 Å². The number of aryl methyl sites for hydroxylation is 1. The zero-order valence-electron chi connectivity index (χ0n) is 12.7. The molecule has 0 atom stereocenters. The van der Waals surface area contributed by atoms with Crippen molar-refractivity contribution < 1.29 is 17.3 Å². The van der Waals surface area contributed by atoms with Crippen molar-refractivity contribution in [3.8, 4) is 11.8 Å². The van der Waals surface area contributed by atoms with Crippen LogP contribution in [0.15, 0.2) is 59.5 Å². The molecule has 2 aromatic carbocycles. The van der Waals surface area contributed by atoms with Gasteiger partial charge in [0, 0.05) is 5.56 Å². The van der Waals surface area contributed by atoms with E-state index in [1.54, 1.807) is 42.5 Å². The Hall–Kier alpha value is -2.78. The smallest absolute Gasteiger partial charge is 0.339 e. The Bertz CT molecular complexity index is 845. The molecule has 0 aliphatic carbocycles. The van der Waals surface area contributed by atoms with Crippen LogP contribution in [0.4, 0.5) is 0 Å². The van der Waals surface area contributed by atoms with E-state index in [2.05, 4.69) is 0 Å². The quantitative estimate of drug-likeness (QED) is 0.478. The van der Waals surface area contributed by atoms with Crippen LogP contribution in [0.1, 0.15) is 11.1 Å². The Morgan fingerprint density at radius 3 is 2.22 bits per heavy atom. The first-order valence-electron chi connectivity index (χ1n) is 6.71. The maximum Gasteiger partial charge on any atom is 0.339 e. The van der Waals surface area contributed by atoms with Crippen LogP contribution < -0.4 is 4.74 Å². The number of nitriles is 1. The zero-order valence-corrected chi connectivity index (χ0v) is 13.5. The summed E-state index contributed by atoms with van der Waals surface area (Å²) in [6.45, 7) is 1.86. The van der Waals surface area contributed by atoms with Gasteiger partial charge in [-0.2, -0.15) is 13.7 Å². The highest BCUT2D eigenvalue weighted by Crippen LogP contribution is 2.24. The highest BCUT2D eigenvalue weighted by atomic mass is 32.2. The lowest BCUT2D eigenvalue weighted by Crippen LogP contribution is -2.06. The van der Waals surface area contributed by atoms with Crippen LogP contribution in [0.2, 0.25) is 0 Å². The lowest BCUT2D eigenvalue weighted by molar-refractivity contribution is 0.414. The van der Waals surface area contributed by atoms with Gasteiger partial charge in [0.05, 0.1) is 19.3 Å². The number of benzene rings is 2. The number of allylic oxidation sites excluding steroid dienone is 1. The van der Waals surface area contributed by atoms with Gasteiger partial charge in [0.25, 0.3) is 0 Å². The lowest BCUT2D eigenvalue weighted by Gasteiger charge is -2.10. The van der Waals surface area contributed by atoms with Gasteiger partial charge in [-0.25, -0.2) is 0 Å². The minimum Gasteiger partial charge on any atom is -0.497 e. The normalized spacial score (nSPS) is 11.6. The van der Waals surface area contributed by atoms with E-state index >= 15 is 0 Å². The first kappa shape index (κ1) is 16.6. The van der Waals surface area contributed by atoms with Gasteiger partial charge in [0.1, 0.15) is 10.6 Å². The molecular formula is C17H15NO4S. The predicted octanol–water partition coefficient (Wildman–Crippen LogP) is 3.27. The number of ether oxygens (including phenoxy) is 1. The second-order valence-electron chi connectivity index (χ2n) is 4.72. The fourth-order valence-corrected chi connectivity index (χ4v) is 2.79. The first-order valence-corrected chi connectivity index (χ1v) is 8.12. The molecule has 118 valence electrons. The first-order chi connectivity index (χ1) is 11.0. The van der Waals surface area contributed by atoms with Gasteiger partial charge in [-0.15, -0.1) is 0 Å². The molecule has 0 amide bonds. The maximum atomic E-state index is 12.3. The van der Waals surface area contributed by atoms with Gasteiger partial charge in [-0.1, -0.05) is 17.7 Å². The molecule has 0 radical (unpaired) electrons. The Morgan fingerprint density at radius 2 is 1.70 bits per heavy atom. The molecule has 0 aliphatic rings. The van der Waals surface area contributed by atoms with Crippen molar-refractivity contribution in [2.75, 3.05) is 7.11 Å². The summed E-state index contributed by atoms with van der Waals surface area (Å²) in [4.78, 5) is 0.0282. The molecule has 0 heterocycles. The van der Waals surface area contributed by atoms with Crippen LogP contribution in [0, 0.1) is 18.3 Å². The molecule has 0 N–H and O–H groups in total. The molecule has 23 heavy (non-hydrogen) atoms. The summed E-state index contributed by atoms with van der Waals surface area (Å²) in [6, 6.07) is 14.6. The van der Waals surface area contributed by atoms with Crippen molar-refractivity contribution in [2.24, 2.45) is 0 Å². The number of nitrogens with zero attached hydrogens (tertiary/aromatic N) is 1. The summed E-state index contributed by atoms with van der Waals surface area (Å²) in [6.07, 6.45) is 1.05. The van der Waals surface area contributed by atoms with E-state index in [4.69, 9.17) is 14.2 Å². The van der Waals surface area contributed by atoms with Gasteiger partial charge in [-0.05, 0) is 43.3 Å². The zero-order chi connectivity index (χ0) is 16.9. The van der Waals surface area contributed by atoms with Crippen molar-refractivity contribution in [3.63, 3.8) is 0 Å². The molecule has 0 spiro atoms. The van der Waals surface area contributed by atoms with E-state index in [-0.39, 0.29) is 10.7 Å². The second-order valence-corrected chi connectivity index (χ2v) is 6.26. The van der Waals surface area contributed by atoms with Crippen molar-refractivity contribution >= 4 is 15.9 Å². The van der Waals surface area contributed by atoms with Crippen LogP contribution in [0.3, 0.4) is 0 Å². The van der Waals surface area contributed by atoms with Crippen molar-refractivity contribution in [3.05, 3.63) is 65.7 Å². The van der Waals surface area contributed by atoms with E-state index in [0.717, 1.165) is 11.6 Å². The van der Waals surface area contributed by atoms with E-state index < -0.39 is 10.1 Å². The fraction of sp³-hybridized carbons (Fsp3) is 0.118. The average Bonchev–Trinajstić information content (AvgIpc) is 2.55. The molecule has 0 aromatic heterocycles. The average molecular weight is 329 g/mol. The summed E-state index contributed by atoms with van der Waals surface area (Å²) in [5, 5.41) is 8.88. The number of rotatable bonds is 5. The highest BCUT2D eigenvalue weighted by Gasteiger charge is 2.19. The van der Waals surface area contributed by atoms with E-state index in [1.165, 1.54) is 19.2 Å². The molecule has 5 nitrogen and oxygen atoms in total. The minimum absolute atomic E-state index is 0.0282. The van der Waals surface area contributed by atoms with E-state index in [1.807, 2.05) is 6.92 Å². The Morgan fingerprint density at radius 1 is 1.09 bits per heavy atom. The highest BCUT2D eigenvalue weighted by molar-refractivity contribution is 7.87. The number of methoxy groups -OCH3 is 1. The topological polar surface area (TPSA) is 76.4 Å². The standard InChI is InChI=1S/C17H15NO4S/c1-13-3-9-16(10-4-13)23(19,20)22-17(11-12-18)14-5-7-15(21-2)8-6-14/h3-11H,1-2H3/b17-11+. The summed E-state index contributed by atoms with van der Waals surface area (Å²) >= 11 is 0. The van der Waals surface area contributed by atoms with Crippen molar-refractivity contribution in [2.45, 2.75) is 11.8 Å². The Labute approximate surface area is 135 Å². The fourth-order valence-electron chi connectivity index (χ4n) is 1.84. The van der Waals surface area contributed by atoms with Gasteiger partial charge in [-0.3, -0.25) is 0 Å². The molecular weight excluding hydrogens is 314 g/mol. The van der Waals surface area contributed by atoms with Gasteiger partial charge >= 0.3 is 10.1 Å². The Kier molecular flexibility index (Phi) is 5.04. The molecule has 0 saturated heterocycles. The molecule has 0 saturated carbocycles. The Balaban J connectivity index is 2.34. The van der Waals surface area contributed by atoms with Gasteiger partial charge < -0.3 is 8.92 Å².